The van der Waals surface area contributed by atoms with E-state index in [0.717, 1.165) is 16.4 Å². The average molecular weight is 476 g/mol. The van der Waals surface area contributed by atoms with Gasteiger partial charge >= 0.3 is 6.18 Å². The lowest BCUT2D eigenvalue weighted by molar-refractivity contribution is -0.173. The van der Waals surface area contributed by atoms with Gasteiger partial charge in [0.25, 0.3) is 5.91 Å². The fraction of sp³-hybridized carbons (Fsp3) is 0.304. The number of carbonyl (C=O) groups excluding carboxylic acids is 1. The molecule has 0 saturated heterocycles. The molecule has 0 aliphatic carbocycles. The van der Waals surface area contributed by atoms with Gasteiger partial charge in [0.05, 0.1) is 32.1 Å². The maximum Gasteiger partial charge on any atom is 0.410 e. The summed E-state index contributed by atoms with van der Waals surface area (Å²) in [5, 5.41) is 19.5. The highest BCUT2D eigenvalue weighted by Gasteiger charge is 2.47. The summed E-state index contributed by atoms with van der Waals surface area (Å²) in [5.41, 5.74) is 1.38. The van der Waals surface area contributed by atoms with Crippen molar-refractivity contribution in [1.29, 1.82) is 0 Å². The molecule has 4 rings (SSSR count). The van der Waals surface area contributed by atoms with Crippen molar-refractivity contribution in [1.82, 2.24) is 9.78 Å². The summed E-state index contributed by atoms with van der Waals surface area (Å²) in [6, 6.07) is 6.76. The molecule has 0 unspecified atom stereocenters. The number of benzene rings is 2. The zero-order valence-corrected chi connectivity index (χ0v) is 18.6. The molecule has 0 spiro atoms. The predicted octanol–water partition coefficient (Wildman–Crippen LogP) is 4.83. The quantitative estimate of drug-likeness (QED) is 0.457. The lowest BCUT2D eigenvalue weighted by Crippen LogP contribution is -2.36. The molecule has 2 heterocycles. The fourth-order valence-corrected chi connectivity index (χ4v) is 3.96. The number of aromatic nitrogens is 2. The number of alkyl halides is 3. The summed E-state index contributed by atoms with van der Waals surface area (Å²) in [4.78, 5) is 13.0. The maximum atomic E-state index is 14.0. The zero-order chi connectivity index (χ0) is 24.6. The van der Waals surface area contributed by atoms with Crippen molar-refractivity contribution in [2.45, 2.75) is 31.6 Å². The van der Waals surface area contributed by atoms with Crippen molar-refractivity contribution in [3.05, 3.63) is 59.3 Å². The molecule has 3 N–H and O–H groups in total. The second kappa shape index (κ2) is 8.81. The molecule has 0 bridgehead atoms. The number of nitrogens with zero attached hydrogens (tertiary/aromatic N) is 2. The number of aromatic hydroxyl groups is 1. The lowest BCUT2D eigenvalue weighted by atomic mass is 9.96. The van der Waals surface area contributed by atoms with Gasteiger partial charge in [0, 0.05) is 6.42 Å². The van der Waals surface area contributed by atoms with Crippen LogP contribution in [-0.2, 0) is 0 Å². The van der Waals surface area contributed by atoms with Gasteiger partial charge in [-0.15, -0.1) is 0 Å². The number of fused-ring (bicyclic) bond motifs is 1. The third-order valence-electron chi connectivity index (χ3n) is 5.69. The molecule has 180 valence electrons. The molecule has 1 aliphatic heterocycles. The number of rotatable bonds is 5. The van der Waals surface area contributed by atoms with E-state index in [4.69, 9.17) is 9.47 Å². The van der Waals surface area contributed by atoms with Gasteiger partial charge in [-0.3, -0.25) is 4.79 Å². The minimum Gasteiger partial charge on any atom is -0.506 e. The molecule has 8 nitrogen and oxygen atoms in total. The lowest BCUT2D eigenvalue weighted by Gasteiger charge is -2.34. The third kappa shape index (κ3) is 4.33. The van der Waals surface area contributed by atoms with Crippen molar-refractivity contribution in [3.8, 4) is 17.2 Å². The van der Waals surface area contributed by atoms with E-state index in [0.29, 0.717) is 17.1 Å². The van der Waals surface area contributed by atoms with Crippen molar-refractivity contribution in [2.75, 3.05) is 24.9 Å². The number of halogens is 3. The van der Waals surface area contributed by atoms with Gasteiger partial charge in [0.15, 0.2) is 17.5 Å². The fourth-order valence-electron chi connectivity index (χ4n) is 3.96. The summed E-state index contributed by atoms with van der Waals surface area (Å²) in [6.07, 6.45) is -3.85. The van der Waals surface area contributed by atoms with E-state index >= 15 is 0 Å². The highest BCUT2D eigenvalue weighted by molar-refractivity contribution is 6.08. The Hall–Kier alpha value is -3.89. The van der Waals surface area contributed by atoms with Gasteiger partial charge in [-0.1, -0.05) is 12.1 Å². The standard InChI is InChI=1S/C23H23F3N4O4/c1-12-4-6-17(31)16(8-12)29-22(32)14-11-27-30-20(23(24,25)26)10-15(28-21(14)30)13-5-7-18(33-2)19(9-13)34-3/h4-9,11,15,20,28,31H,10H2,1-3H3,(H,29,32)/t15-,20+/m1/s1. The minimum atomic E-state index is -4.60. The van der Waals surface area contributed by atoms with Gasteiger partial charge in [-0.2, -0.15) is 18.3 Å². The van der Waals surface area contributed by atoms with Crippen LogP contribution in [0.2, 0.25) is 0 Å². The van der Waals surface area contributed by atoms with Crippen molar-refractivity contribution in [3.63, 3.8) is 0 Å². The van der Waals surface area contributed by atoms with Crippen LogP contribution in [0.1, 0.15) is 40.0 Å². The molecule has 1 aliphatic rings. The number of ether oxygens (including phenoxy) is 2. The van der Waals surface area contributed by atoms with Crippen LogP contribution in [0.3, 0.4) is 0 Å². The van der Waals surface area contributed by atoms with Crippen molar-refractivity contribution < 1.29 is 32.5 Å². The van der Waals surface area contributed by atoms with Crippen LogP contribution in [0.5, 0.6) is 17.2 Å². The number of carbonyl (C=O) groups is 1. The van der Waals surface area contributed by atoms with Gasteiger partial charge in [0.2, 0.25) is 0 Å². The summed E-state index contributed by atoms with van der Waals surface area (Å²) in [6.45, 7) is 1.78. The van der Waals surface area contributed by atoms with Gasteiger partial charge < -0.3 is 25.2 Å². The van der Waals surface area contributed by atoms with E-state index in [1.807, 2.05) is 0 Å². The number of hydrogen-bond donors (Lipinski definition) is 3. The first kappa shape index (κ1) is 23.3. The van der Waals surface area contributed by atoms with E-state index in [2.05, 4.69) is 15.7 Å². The number of aryl methyl sites for hydroxylation is 1. The molecule has 34 heavy (non-hydrogen) atoms. The normalized spacial score (nSPS) is 17.5. The van der Waals surface area contributed by atoms with E-state index in [-0.39, 0.29) is 29.2 Å². The molecule has 0 radical (unpaired) electrons. The average Bonchev–Trinajstić information content (AvgIpc) is 3.23. The Balaban J connectivity index is 1.71. The van der Waals surface area contributed by atoms with E-state index in [9.17, 15) is 23.1 Å². The summed E-state index contributed by atoms with van der Waals surface area (Å²) >= 11 is 0. The number of hydrogen-bond acceptors (Lipinski definition) is 6. The molecule has 0 saturated carbocycles. The van der Waals surface area contributed by atoms with E-state index in [1.165, 1.54) is 20.3 Å². The molecule has 0 fully saturated rings. The smallest absolute Gasteiger partial charge is 0.410 e. The van der Waals surface area contributed by atoms with Crippen LogP contribution in [0.4, 0.5) is 24.7 Å². The highest BCUT2D eigenvalue weighted by atomic mass is 19.4. The minimum absolute atomic E-state index is 0.0713. The van der Waals surface area contributed by atoms with Crippen LogP contribution in [-0.4, -0.2) is 41.2 Å². The largest absolute Gasteiger partial charge is 0.506 e. The number of phenols is 1. The Morgan fingerprint density at radius 2 is 1.91 bits per heavy atom. The SMILES string of the molecule is COc1ccc([C@H]2C[C@@H](C(F)(F)F)n3ncc(C(=O)Nc4cc(C)ccc4O)c3N2)cc1OC. The predicted molar refractivity (Wildman–Crippen MR) is 119 cm³/mol. The monoisotopic (exact) mass is 476 g/mol. The Labute approximate surface area is 193 Å². The number of amides is 1. The summed E-state index contributed by atoms with van der Waals surface area (Å²) < 4.78 is 53.2. The van der Waals surface area contributed by atoms with Crippen LogP contribution < -0.4 is 20.1 Å². The van der Waals surface area contributed by atoms with Crippen LogP contribution in [0.15, 0.2) is 42.6 Å². The molecule has 2 atom stereocenters. The number of phenolic OH excluding ortho intramolecular Hbond substituents is 1. The molecule has 1 amide bonds. The first-order chi connectivity index (χ1) is 16.1. The molecule has 3 aromatic rings. The van der Waals surface area contributed by atoms with Crippen LogP contribution in [0, 0.1) is 6.92 Å². The zero-order valence-electron chi connectivity index (χ0n) is 18.6. The molecule has 1 aromatic heterocycles. The Morgan fingerprint density at radius 3 is 2.59 bits per heavy atom. The van der Waals surface area contributed by atoms with E-state index in [1.54, 1.807) is 37.3 Å². The third-order valence-corrected chi connectivity index (χ3v) is 5.69. The second-order valence-electron chi connectivity index (χ2n) is 7.93. The van der Waals surface area contributed by atoms with Gasteiger partial charge in [-0.05, 0) is 42.3 Å². The Bertz CT molecular complexity index is 1230. The van der Waals surface area contributed by atoms with Gasteiger partial charge in [-0.25, -0.2) is 4.68 Å². The first-order valence-electron chi connectivity index (χ1n) is 10.4. The highest BCUT2D eigenvalue weighted by Crippen LogP contribution is 2.45. The topological polar surface area (TPSA) is 97.6 Å². The Kier molecular flexibility index (Phi) is 6.03. The van der Waals surface area contributed by atoms with Crippen molar-refractivity contribution in [2.24, 2.45) is 0 Å². The molecule has 11 heteroatoms. The number of anilines is 2. The van der Waals surface area contributed by atoms with Gasteiger partial charge in [0.1, 0.15) is 17.1 Å². The summed E-state index contributed by atoms with van der Waals surface area (Å²) in [5.74, 6) is -0.124. The van der Waals surface area contributed by atoms with E-state index < -0.39 is 24.2 Å². The first-order valence-corrected chi connectivity index (χ1v) is 10.4. The molecular weight excluding hydrogens is 453 g/mol. The molecule has 2 aromatic carbocycles. The number of methoxy groups -OCH3 is 2. The Morgan fingerprint density at radius 1 is 1.18 bits per heavy atom. The summed E-state index contributed by atoms with van der Waals surface area (Å²) in [7, 11) is 2.90. The van der Waals surface area contributed by atoms with Crippen molar-refractivity contribution >= 4 is 17.4 Å². The van der Waals surface area contributed by atoms with Crippen LogP contribution in [0.25, 0.3) is 0 Å². The molecular formula is C23H23F3N4O4. The van der Waals surface area contributed by atoms with Crippen LogP contribution >= 0.6 is 0 Å². The second-order valence-corrected chi connectivity index (χ2v) is 7.93. The maximum absolute atomic E-state index is 14.0. The number of nitrogens with one attached hydrogen (secondary N) is 2.